The molecule has 0 aliphatic rings. The lowest BCUT2D eigenvalue weighted by molar-refractivity contribution is -0.129. The molecule has 0 atom stereocenters. The summed E-state index contributed by atoms with van der Waals surface area (Å²) in [5.74, 6) is -1.85. The first-order chi connectivity index (χ1) is 11.9. The topological polar surface area (TPSA) is 136 Å². The van der Waals surface area contributed by atoms with Crippen molar-refractivity contribution in [3.05, 3.63) is 45.7 Å². The Morgan fingerprint density at radius 1 is 1.16 bits per heavy atom. The first-order valence-electron chi connectivity index (χ1n) is 6.94. The van der Waals surface area contributed by atoms with Crippen LogP contribution in [0.1, 0.15) is 27.3 Å². The Labute approximate surface area is 151 Å². The van der Waals surface area contributed by atoms with Crippen molar-refractivity contribution in [3.63, 3.8) is 0 Å². The van der Waals surface area contributed by atoms with E-state index in [1.54, 1.807) is 6.07 Å². The minimum absolute atomic E-state index is 0.0130. The molecule has 3 amide bonds. The third-order valence-electron chi connectivity index (χ3n) is 3.07. The number of carbonyl (C=O) groups is 3. The van der Waals surface area contributed by atoms with Crippen LogP contribution < -0.4 is 16.1 Å². The van der Waals surface area contributed by atoms with Crippen molar-refractivity contribution in [2.45, 2.75) is 6.42 Å². The molecule has 11 heteroatoms. The van der Waals surface area contributed by atoms with Gasteiger partial charge >= 0.3 is 0 Å². The number of H-pyrrole nitrogens is 1. The summed E-state index contributed by atoms with van der Waals surface area (Å²) in [5, 5.41) is 19.8. The molecule has 2 rings (SSSR count). The number of aromatic nitrogens is 2. The molecule has 0 fully saturated rings. The second kappa shape index (κ2) is 8.47. The summed E-state index contributed by atoms with van der Waals surface area (Å²) >= 11 is 11.9. The van der Waals surface area contributed by atoms with E-state index in [1.807, 2.05) is 0 Å². The Morgan fingerprint density at radius 2 is 1.84 bits per heavy atom. The number of hydroxylamine groups is 1. The van der Waals surface area contributed by atoms with Crippen molar-refractivity contribution >= 4 is 46.6 Å². The van der Waals surface area contributed by atoms with E-state index in [4.69, 9.17) is 28.4 Å². The van der Waals surface area contributed by atoms with Gasteiger partial charge in [0.2, 0.25) is 5.91 Å². The van der Waals surface area contributed by atoms with E-state index in [2.05, 4.69) is 20.8 Å². The monoisotopic (exact) mass is 385 g/mol. The minimum Gasteiger partial charge on any atom is -0.350 e. The van der Waals surface area contributed by atoms with Crippen LogP contribution in [0, 0.1) is 0 Å². The van der Waals surface area contributed by atoms with Gasteiger partial charge in [-0.05, 0) is 12.1 Å². The van der Waals surface area contributed by atoms with Gasteiger partial charge in [-0.1, -0.05) is 29.3 Å². The molecule has 2 aromatic rings. The van der Waals surface area contributed by atoms with Gasteiger partial charge in [-0.25, -0.2) is 5.48 Å². The molecule has 1 heterocycles. The van der Waals surface area contributed by atoms with Gasteiger partial charge in [-0.3, -0.25) is 24.7 Å². The standard InChI is InChI=1S/C14H13Cl2N5O4/c15-7-2-1-3-8(16)11(7)13(23)19-9-6-18-20-12(9)14(24)17-5-4-10(22)21-25/h1-3,6,25H,4-5H2,(H,17,24)(H,18,20)(H,19,23)(H,21,22). The van der Waals surface area contributed by atoms with Crippen LogP contribution in [0.15, 0.2) is 24.4 Å². The fourth-order valence-corrected chi connectivity index (χ4v) is 2.46. The molecule has 0 radical (unpaired) electrons. The lowest BCUT2D eigenvalue weighted by atomic mass is 10.2. The number of nitrogens with zero attached hydrogens (tertiary/aromatic N) is 1. The minimum atomic E-state index is -0.646. The zero-order chi connectivity index (χ0) is 18.4. The normalized spacial score (nSPS) is 10.2. The molecule has 9 nitrogen and oxygen atoms in total. The molecule has 0 saturated heterocycles. The van der Waals surface area contributed by atoms with E-state index in [0.29, 0.717) is 0 Å². The van der Waals surface area contributed by atoms with Crippen molar-refractivity contribution in [2.24, 2.45) is 0 Å². The molecule has 0 unspecified atom stereocenters. The molecule has 132 valence electrons. The maximum Gasteiger partial charge on any atom is 0.271 e. The van der Waals surface area contributed by atoms with Gasteiger partial charge in [0.15, 0.2) is 0 Å². The van der Waals surface area contributed by atoms with Crippen LogP contribution in [0.2, 0.25) is 10.0 Å². The fourth-order valence-electron chi connectivity index (χ4n) is 1.89. The van der Waals surface area contributed by atoms with Gasteiger partial charge in [-0.15, -0.1) is 0 Å². The number of benzene rings is 1. The number of nitrogens with one attached hydrogen (secondary N) is 4. The molecule has 0 aliphatic carbocycles. The highest BCUT2D eigenvalue weighted by atomic mass is 35.5. The van der Waals surface area contributed by atoms with Crippen LogP contribution in [-0.2, 0) is 4.79 Å². The van der Waals surface area contributed by atoms with Crippen LogP contribution >= 0.6 is 23.2 Å². The van der Waals surface area contributed by atoms with Gasteiger partial charge in [0.1, 0.15) is 5.69 Å². The van der Waals surface area contributed by atoms with E-state index in [9.17, 15) is 14.4 Å². The molecule has 1 aromatic heterocycles. The number of aromatic amines is 1. The van der Waals surface area contributed by atoms with Crippen LogP contribution in [0.3, 0.4) is 0 Å². The summed E-state index contributed by atoms with van der Waals surface area (Å²) in [7, 11) is 0. The number of carbonyl (C=O) groups excluding carboxylic acids is 3. The average molecular weight is 386 g/mol. The Bertz CT molecular complexity index is 788. The molecule has 0 bridgehead atoms. The zero-order valence-corrected chi connectivity index (χ0v) is 14.1. The predicted molar refractivity (Wildman–Crippen MR) is 89.9 cm³/mol. The molecule has 5 N–H and O–H groups in total. The van der Waals surface area contributed by atoms with Crippen molar-refractivity contribution in [2.75, 3.05) is 11.9 Å². The quantitative estimate of drug-likeness (QED) is 0.379. The number of anilines is 1. The third kappa shape index (κ3) is 4.69. The molecule has 1 aromatic carbocycles. The smallest absolute Gasteiger partial charge is 0.271 e. The first kappa shape index (κ1) is 18.7. The zero-order valence-electron chi connectivity index (χ0n) is 12.6. The van der Waals surface area contributed by atoms with Crippen LogP contribution in [0.25, 0.3) is 0 Å². The Hall–Kier alpha value is -2.62. The van der Waals surface area contributed by atoms with E-state index >= 15 is 0 Å². The Balaban J connectivity index is 2.07. The molecular formula is C14H13Cl2N5O4. The summed E-state index contributed by atoms with van der Waals surface area (Å²) in [6, 6.07) is 4.62. The number of amides is 3. The molecule has 0 aliphatic heterocycles. The van der Waals surface area contributed by atoms with Crippen LogP contribution in [-0.4, -0.2) is 39.7 Å². The Kier molecular flexibility index (Phi) is 6.34. The van der Waals surface area contributed by atoms with Crippen LogP contribution in [0.4, 0.5) is 5.69 Å². The van der Waals surface area contributed by atoms with Crippen LogP contribution in [0.5, 0.6) is 0 Å². The highest BCUT2D eigenvalue weighted by molar-refractivity contribution is 6.40. The summed E-state index contributed by atoms with van der Waals surface area (Å²) in [6.07, 6.45) is 1.13. The van der Waals surface area contributed by atoms with Crippen molar-refractivity contribution in [1.29, 1.82) is 0 Å². The highest BCUT2D eigenvalue weighted by Gasteiger charge is 2.19. The predicted octanol–water partition coefficient (Wildman–Crippen LogP) is 1.59. The number of hydrogen-bond acceptors (Lipinski definition) is 5. The number of rotatable bonds is 6. The van der Waals surface area contributed by atoms with E-state index in [0.717, 1.165) is 0 Å². The number of halogens is 2. The second-order valence-corrected chi connectivity index (χ2v) is 5.56. The molecular weight excluding hydrogens is 373 g/mol. The van der Waals surface area contributed by atoms with Crippen molar-refractivity contribution < 1.29 is 19.6 Å². The second-order valence-electron chi connectivity index (χ2n) is 4.75. The summed E-state index contributed by atoms with van der Waals surface area (Å²) < 4.78 is 0. The molecule has 25 heavy (non-hydrogen) atoms. The molecule has 0 spiro atoms. The summed E-state index contributed by atoms with van der Waals surface area (Å²) in [5.41, 5.74) is 1.62. The fraction of sp³-hybridized carbons (Fsp3) is 0.143. The summed E-state index contributed by atoms with van der Waals surface area (Å²) in [4.78, 5) is 35.3. The lowest BCUT2D eigenvalue weighted by Crippen LogP contribution is -2.30. The van der Waals surface area contributed by atoms with Gasteiger partial charge in [0.05, 0.1) is 27.5 Å². The maximum absolute atomic E-state index is 12.3. The SMILES string of the molecule is O=C(CCNC(=O)c1[nH]ncc1NC(=O)c1c(Cl)cccc1Cl)NO. The number of hydrogen-bond donors (Lipinski definition) is 5. The molecule has 0 saturated carbocycles. The lowest BCUT2D eigenvalue weighted by Gasteiger charge is -2.09. The van der Waals surface area contributed by atoms with Gasteiger partial charge < -0.3 is 10.6 Å². The summed E-state index contributed by atoms with van der Waals surface area (Å²) in [6.45, 7) is -0.0199. The third-order valence-corrected chi connectivity index (χ3v) is 3.70. The average Bonchev–Trinajstić information content (AvgIpc) is 3.02. The van der Waals surface area contributed by atoms with Gasteiger partial charge in [0, 0.05) is 13.0 Å². The maximum atomic E-state index is 12.3. The van der Waals surface area contributed by atoms with Gasteiger partial charge in [-0.2, -0.15) is 5.10 Å². The van der Waals surface area contributed by atoms with Crippen molar-refractivity contribution in [1.82, 2.24) is 21.0 Å². The Morgan fingerprint density at radius 3 is 2.48 bits per heavy atom. The van der Waals surface area contributed by atoms with Crippen molar-refractivity contribution in [3.8, 4) is 0 Å². The highest BCUT2D eigenvalue weighted by Crippen LogP contribution is 2.25. The van der Waals surface area contributed by atoms with E-state index in [-0.39, 0.29) is 40.0 Å². The van der Waals surface area contributed by atoms with Gasteiger partial charge in [0.25, 0.3) is 11.8 Å². The largest absolute Gasteiger partial charge is 0.350 e. The first-order valence-corrected chi connectivity index (χ1v) is 7.69. The van der Waals surface area contributed by atoms with E-state index in [1.165, 1.54) is 23.8 Å². The van der Waals surface area contributed by atoms with E-state index < -0.39 is 17.7 Å².